The van der Waals surface area contributed by atoms with E-state index in [-0.39, 0.29) is 17.0 Å². The average Bonchev–Trinajstić information content (AvgIpc) is 2.71. The normalized spacial score (nSPS) is 16.8. The Bertz CT molecular complexity index is 888. The summed E-state index contributed by atoms with van der Waals surface area (Å²) in [6.45, 7) is 4.95. The topological polar surface area (TPSA) is 54.3 Å². The third-order valence-electron chi connectivity index (χ3n) is 5.34. The SMILES string of the molecule is CSc1cccc(CN(C)C(=O)c2c(C)ccn(CC3CCCNC3)c2=O)c1. The lowest BCUT2D eigenvalue weighted by Gasteiger charge is -2.24. The largest absolute Gasteiger partial charge is 0.337 e. The number of carbonyl (C=O) groups excluding carboxylic acids is 1. The molecular weight excluding hydrogens is 370 g/mol. The molecule has 0 saturated carbocycles. The fourth-order valence-electron chi connectivity index (χ4n) is 3.73. The van der Waals surface area contributed by atoms with Crippen molar-refractivity contribution in [1.82, 2.24) is 14.8 Å². The summed E-state index contributed by atoms with van der Waals surface area (Å²) in [5, 5.41) is 3.39. The molecule has 1 unspecified atom stereocenters. The van der Waals surface area contributed by atoms with E-state index in [0.717, 1.165) is 42.0 Å². The Morgan fingerprint density at radius 3 is 2.89 bits per heavy atom. The Kier molecular flexibility index (Phi) is 6.97. The molecule has 1 N–H and O–H groups in total. The fraction of sp³-hybridized carbons (Fsp3) is 0.455. The summed E-state index contributed by atoms with van der Waals surface area (Å²) in [5.74, 6) is 0.220. The summed E-state index contributed by atoms with van der Waals surface area (Å²) in [6, 6.07) is 10.0. The molecule has 1 aromatic heterocycles. The Balaban J connectivity index is 1.79. The van der Waals surface area contributed by atoms with Gasteiger partial charge in [0.25, 0.3) is 11.5 Å². The van der Waals surface area contributed by atoms with E-state index in [1.54, 1.807) is 28.3 Å². The number of nitrogens with one attached hydrogen (secondary N) is 1. The Morgan fingerprint density at radius 2 is 2.18 bits per heavy atom. The van der Waals surface area contributed by atoms with Gasteiger partial charge in [-0.3, -0.25) is 9.59 Å². The lowest BCUT2D eigenvalue weighted by atomic mass is 9.99. The van der Waals surface area contributed by atoms with Crippen LogP contribution < -0.4 is 10.9 Å². The van der Waals surface area contributed by atoms with Crippen LogP contribution in [-0.4, -0.2) is 41.8 Å². The zero-order chi connectivity index (χ0) is 20.1. The number of piperidine rings is 1. The van der Waals surface area contributed by atoms with Gasteiger partial charge in [0, 0.05) is 31.2 Å². The van der Waals surface area contributed by atoms with Gasteiger partial charge in [0.05, 0.1) is 0 Å². The van der Waals surface area contributed by atoms with Crippen LogP contribution in [0, 0.1) is 12.8 Å². The molecule has 1 aromatic carbocycles. The van der Waals surface area contributed by atoms with Crippen LogP contribution in [0.5, 0.6) is 0 Å². The number of nitrogens with zero attached hydrogens (tertiary/aromatic N) is 2. The monoisotopic (exact) mass is 399 g/mol. The second kappa shape index (κ2) is 9.43. The van der Waals surface area contributed by atoms with Gasteiger partial charge in [-0.1, -0.05) is 12.1 Å². The van der Waals surface area contributed by atoms with Crippen molar-refractivity contribution in [3.8, 4) is 0 Å². The van der Waals surface area contributed by atoms with Crippen molar-refractivity contribution >= 4 is 17.7 Å². The highest BCUT2D eigenvalue weighted by atomic mass is 32.2. The van der Waals surface area contributed by atoms with Gasteiger partial charge < -0.3 is 14.8 Å². The molecule has 150 valence electrons. The quantitative estimate of drug-likeness (QED) is 0.758. The average molecular weight is 400 g/mol. The lowest BCUT2D eigenvalue weighted by molar-refractivity contribution is 0.0781. The number of carbonyl (C=O) groups is 1. The highest BCUT2D eigenvalue weighted by Gasteiger charge is 2.21. The number of hydrogen-bond acceptors (Lipinski definition) is 4. The van der Waals surface area contributed by atoms with Gasteiger partial charge in [0.2, 0.25) is 0 Å². The molecule has 28 heavy (non-hydrogen) atoms. The molecule has 1 atom stereocenters. The number of thioether (sulfide) groups is 1. The summed E-state index contributed by atoms with van der Waals surface area (Å²) in [4.78, 5) is 28.9. The first-order valence-electron chi connectivity index (χ1n) is 9.78. The van der Waals surface area contributed by atoms with Crippen LogP contribution in [0.2, 0.25) is 0 Å². The molecule has 2 aromatic rings. The first kappa shape index (κ1) is 20.7. The fourth-order valence-corrected chi connectivity index (χ4v) is 4.22. The van der Waals surface area contributed by atoms with Gasteiger partial charge in [0.1, 0.15) is 5.56 Å². The third-order valence-corrected chi connectivity index (χ3v) is 6.07. The van der Waals surface area contributed by atoms with Crippen molar-refractivity contribution in [1.29, 1.82) is 0 Å². The molecule has 1 saturated heterocycles. The van der Waals surface area contributed by atoms with E-state index in [1.165, 1.54) is 0 Å². The van der Waals surface area contributed by atoms with Gasteiger partial charge in [-0.2, -0.15) is 0 Å². The predicted molar refractivity (Wildman–Crippen MR) is 115 cm³/mol. The van der Waals surface area contributed by atoms with Crippen molar-refractivity contribution in [3.63, 3.8) is 0 Å². The minimum absolute atomic E-state index is 0.180. The molecule has 0 radical (unpaired) electrons. The summed E-state index contributed by atoms with van der Waals surface area (Å²) in [5.41, 5.74) is 1.90. The highest BCUT2D eigenvalue weighted by molar-refractivity contribution is 7.98. The van der Waals surface area contributed by atoms with E-state index in [9.17, 15) is 9.59 Å². The number of aromatic nitrogens is 1. The molecule has 0 aliphatic carbocycles. The van der Waals surface area contributed by atoms with Gasteiger partial charge >= 0.3 is 0 Å². The Hall–Kier alpha value is -2.05. The summed E-state index contributed by atoms with van der Waals surface area (Å²) in [6.07, 6.45) is 6.10. The zero-order valence-corrected chi connectivity index (χ0v) is 17.7. The minimum atomic E-state index is -0.215. The molecule has 5 nitrogen and oxygen atoms in total. The van der Waals surface area contributed by atoms with E-state index >= 15 is 0 Å². The maximum atomic E-state index is 13.1. The predicted octanol–water partition coefficient (Wildman–Crippen LogP) is 3.15. The lowest BCUT2D eigenvalue weighted by Crippen LogP contribution is -2.38. The molecular formula is C22H29N3O2S. The smallest absolute Gasteiger partial charge is 0.263 e. The van der Waals surface area contributed by atoms with Crippen LogP contribution in [0.1, 0.15) is 34.3 Å². The number of pyridine rings is 1. The second-order valence-corrected chi connectivity index (χ2v) is 8.44. The molecule has 1 aliphatic heterocycles. The van der Waals surface area contributed by atoms with E-state index < -0.39 is 0 Å². The molecule has 0 bridgehead atoms. The van der Waals surface area contributed by atoms with Gasteiger partial charge in [-0.25, -0.2) is 0 Å². The van der Waals surface area contributed by atoms with Crippen molar-refractivity contribution in [2.24, 2.45) is 5.92 Å². The third kappa shape index (κ3) is 4.86. The van der Waals surface area contributed by atoms with Gasteiger partial charge in [0.15, 0.2) is 0 Å². The van der Waals surface area contributed by atoms with Crippen LogP contribution in [0.15, 0.2) is 46.2 Å². The van der Waals surface area contributed by atoms with Crippen molar-refractivity contribution in [2.75, 3.05) is 26.4 Å². The van der Waals surface area contributed by atoms with Crippen LogP contribution in [0.4, 0.5) is 0 Å². The minimum Gasteiger partial charge on any atom is -0.337 e. The van der Waals surface area contributed by atoms with Crippen molar-refractivity contribution in [2.45, 2.75) is 37.8 Å². The second-order valence-electron chi connectivity index (χ2n) is 7.56. The van der Waals surface area contributed by atoms with Crippen LogP contribution in [-0.2, 0) is 13.1 Å². The number of hydrogen-bond donors (Lipinski definition) is 1. The van der Waals surface area contributed by atoms with E-state index in [0.29, 0.717) is 19.0 Å². The molecule has 1 aliphatic rings. The Morgan fingerprint density at radius 1 is 1.36 bits per heavy atom. The number of benzene rings is 1. The number of rotatable bonds is 6. The maximum Gasteiger partial charge on any atom is 0.263 e. The molecule has 3 rings (SSSR count). The maximum absolute atomic E-state index is 13.1. The highest BCUT2D eigenvalue weighted by Crippen LogP contribution is 2.18. The van der Waals surface area contributed by atoms with E-state index in [1.807, 2.05) is 37.6 Å². The molecule has 1 fully saturated rings. The van der Waals surface area contributed by atoms with E-state index in [4.69, 9.17) is 0 Å². The van der Waals surface area contributed by atoms with Crippen LogP contribution in [0.25, 0.3) is 0 Å². The van der Waals surface area contributed by atoms with Gasteiger partial charge in [-0.15, -0.1) is 11.8 Å². The summed E-state index contributed by atoms with van der Waals surface area (Å²) in [7, 11) is 1.76. The van der Waals surface area contributed by atoms with Crippen molar-refractivity contribution < 1.29 is 4.79 Å². The van der Waals surface area contributed by atoms with Crippen molar-refractivity contribution in [3.05, 3.63) is 63.6 Å². The Labute approximate surface area is 171 Å². The molecule has 2 heterocycles. The van der Waals surface area contributed by atoms with Gasteiger partial charge in [-0.05, 0) is 74.4 Å². The standard InChI is InChI=1S/C22H29N3O2S/c1-16-9-11-25(15-18-7-5-10-23-13-18)22(27)20(16)21(26)24(2)14-17-6-4-8-19(12-17)28-3/h4,6,8-9,11-12,18,23H,5,7,10,13-15H2,1-3H3. The molecule has 1 amide bonds. The number of aryl methyl sites for hydroxylation is 1. The number of amides is 1. The zero-order valence-electron chi connectivity index (χ0n) is 16.9. The van der Waals surface area contributed by atoms with E-state index in [2.05, 4.69) is 17.4 Å². The first-order valence-corrected chi connectivity index (χ1v) is 11.0. The summed E-state index contributed by atoms with van der Waals surface area (Å²) >= 11 is 1.68. The van der Waals surface area contributed by atoms with Crippen LogP contribution in [0.3, 0.4) is 0 Å². The van der Waals surface area contributed by atoms with Crippen LogP contribution >= 0.6 is 11.8 Å². The summed E-state index contributed by atoms with van der Waals surface area (Å²) < 4.78 is 1.71. The first-order chi connectivity index (χ1) is 13.5. The molecule has 6 heteroatoms. The molecule has 0 spiro atoms.